The summed E-state index contributed by atoms with van der Waals surface area (Å²) in [5, 5.41) is 3.02. The van der Waals surface area contributed by atoms with Crippen molar-refractivity contribution < 1.29 is 9.18 Å². The molecule has 5 atom stereocenters. The van der Waals surface area contributed by atoms with Crippen molar-refractivity contribution >= 4 is 5.91 Å². The monoisotopic (exact) mass is 259 g/mol. The number of halogens is 1. The van der Waals surface area contributed by atoms with Crippen LogP contribution in [0.25, 0.3) is 0 Å². The maximum Gasteiger partial charge on any atom is 0.251 e. The van der Waals surface area contributed by atoms with Crippen LogP contribution in [0.2, 0.25) is 0 Å². The van der Waals surface area contributed by atoms with E-state index in [9.17, 15) is 9.18 Å². The Balaban J connectivity index is 1.35. The molecule has 19 heavy (non-hydrogen) atoms. The van der Waals surface area contributed by atoms with Gasteiger partial charge in [-0.05, 0) is 73.1 Å². The lowest BCUT2D eigenvalue weighted by Gasteiger charge is -2.21. The number of fused-ring (bicyclic) bond motifs is 5. The third kappa shape index (κ3) is 1.87. The molecular weight excluding hydrogens is 241 g/mol. The van der Waals surface area contributed by atoms with Crippen LogP contribution in [-0.2, 0) is 0 Å². The van der Waals surface area contributed by atoms with Gasteiger partial charge in [-0.1, -0.05) is 0 Å². The van der Waals surface area contributed by atoms with Gasteiger partial charge in [0.1, 0.15) is 5.82 Å². The van der Waals surface area contributed by atoms with Crippen LogP contribution < -0.4 is 5.32 Å². The first-order valence-electron chi connectivity index (χ1n) is 7.26. The number of amides is 1. The van der Waals surface area contributed by atoms with Crippen LogP contribution in [0.15, 0.2) is 24.3 Å². The quantitative estimate of drug-likeness (QED) is 0.888. The highest BCUT2D eigenvalue weighted by Gasteiger charge is 2.60. The fraction of sp³-hybridized carbons (Fsp3) is 0.562. The van der Waals surface area contributed by atoms with E-state index in [1.807, 2.05) is 0 Å². The van der Waals surface area contributed by atoms with Gasteiger partial charge >= 0.3 is 0 Å². The van der Waals surface area contributed by atoms with Crippen molar-refractivity contribution in [2.75, 3.05) is 6.54 Å². The topological polar surface area (TPSA) is 29.1 Å². The summed E-state index contributed by atoms with van der Waals surface area (Å²) in [6, 6.07) is 5.76. The van der Waals surface area contributed by atoms with E-state index in [2.05, 4.69) is 5.32 Å². The highest BCUT2D eigenvalue weighted by Crippen LogP contribution is 2.67. The van der Waals surface area contributed by atoms with Crippen LogP contribution in [0.4, 0.5) is 4.39 Å². The molecule has 3 aliphatic carbocycles. The van der Waals surface area contributed by atoms with Gasteiger partial charge in [-0.25, -0.2) is 4.39 Å². The maximum atomic E-state index is 12.8. The molecule has 1 aromatic rings. The van der Waals surface area contributed by atoms with Gasteiger partial charge in [0.25, 0.3) is 5.91 Å². The number of nitrogens with one attached hydrogen (secondary N) is 1. The minimum absolute atomic E-state index is 0.0740. The van der Waals surface area contributed by atoms with Gasteiger partial charge in [0, 0.05) is 12.1 Å². The second kappa shape index (κ2) is 4.06. The van der Waals surface area contributed by atoms with Crippen molar-refractivity contribution in [3.63, 3.8) is 0 Å². The predicted molar refractivity (Wildman–Crippen MR) is 70.0 cm³/mol. The Morgan fingerprint density at radius 1 is 1.11 bits per heavy atom. The van der Waals surface area contributed by atoms with Gasteiger partial charge in [-0.3, -0.25) is 4.79 Å². The first-order valence-corrected chi connectivity index (χ1v) is 7.26. The summed E-state index contributed by atoms with van der Waals surface area (Å²) in [7, 11) is 0. The molecule has 1 N–H and O–H groups in total. The van der Waals surface area contributed by atoms with E-state index in [0.29, 0.717) is 11.5 Å². The number of benzene rings is 1. The first-order chi connectivity index (χ1) is 9.22. The average Bonchev–Trinajstić information content (AvgIpc) is 3.03. The highest BCUT2D eigenvalue weighted by atomic mass is 19.1. The Hall–Kier alpha value is -1.38. The SMILES string of the molecule is O=C(NC[C@@H]1C[C@H]2C[C@H]1[C@@H]1C[C@H]21)c1ccc(F)cc1. The van der Waals surface area contributed by atoms with E-state index >= 15 is 0 Å². The van der Waals surface area contributed by atoms with E-state index in [0.717, 1.165) is 30.2 Å². The van der Waals surface area contributed by atoms with Crippen LogP contribution >= 0.6 is 0 Å². The molecule has 1 amide bonds. The van der Waals surface area contributed by atoms with Crippen molar-refractivity contribution in [3.8, 4) is 0 Å². The summed E-state index contributed by atoms with van der Waals surface area (Å²) >= 11 is 0. The van der Waals surface area contributed by atoms with Crippen molar-refractivity contribution in [2.24, 2.45) is 29.6 Å². The average molecular weight is 259 g/mol. The summed E-state index contributed by atoms with van der Waals surface area (Å²) < 4.78 is 12.8. The zero-order valence-electron chi connectivity index (χ0n) is 10.8. The molecule has 1 aromatic carbocycles. The summed E-state index contributed by atoms with van der Waals surface area (Å²) in [5.74, 6) is 4.13. The van der Waals surface area contributed by atoms with Crippen molar-refractivity contribution in [1.29, 1.82) is 0 Å². The zero-order chi connectivity index (χ0) is 13.0. The highest BCUT2D eigenvalue weighted by molar-refractivity contribution is 5.94. The first kappa shape index (κ1) is 11.4. The number of rotatable bonds is 3. The molecule has 3 aliphatic rings. The minimum atomic E-state index is -0.301. The Morgan fingerprint density at radius 2 is 1.89 bits per heavy atom. The minimum Gasteiger partial charge on any atom is -0.352 e. The van der Waals surface area contributed by atoms with E-state index in [1.165, 1.54) is 31.4 Å². The lowest BCUT2D eigenvalue weighted by atomic mass is 9.88. The van der Waals surface area contributed by atoms with Crippen LogP contribution in [-0.4, -0.2) is 12.5 Å². The Morgan fingerprint density at radius 3 is 2.58 bits per heavy atom. The Kier molecular flexibility index (Phi) is 2.44. The lowest BCUT2D eigenvalue weighted by molar-refractivity contribution is 0.0941. The van der Waals surface area contributed by atoms with E-state index < -0.39 is 0 Å². The predicted octanol–water partition coefficient (Wildman–Crippen LogP) is 2.85. The third-order valence-electron chi connectivity index (χ3n) is 5.46. The standard InChI is InChI=1S/C16H18FNO/c17-12-3-1-9(2-4-12)16(19)18-8-11-5-10-6-13(11)15-7-14(10)15/h1-4,10-11,13-15H,5-8H2,(H,18,19)/t10-,11-,13+,14+,15-/m0/s1. The van der Waals surface area contributed by atoms with E-state index in [4.69, 9.17) is 0 Å². The van der Waals surface area contributed by atoms with Gasteiger partial charge in [-0.15, -0.1) is 0 Å². The van der Waals surface area contributed by atoms with Crippen molar-refractivity contribution in [3.05, 3.63) is 35.6 Å². The molecule has 3 heteroatoms. The smallest absolute Gasteiger partial charge is 0.251 e. The molecule has 0 aromatic heterocycles. The normalized spacial score (nSPS) is 38.1. The zero-order valence-corrected chi connectivity index (χ0v) is 10.8. The van der Waals surface area contributed by atoms with Gasteiger partial charge in [0.2, 0.25) is 0 Å². The van der Waals surface area contributed by atoms with Crippen LogP contribution in [0, 0.1) is 35.4 Å². The summed E-state index contributed by atoms with van der Waals surface area (Å²) in [5.41, 5.74) is 0.550. The molecule has 0 radical (unpaired) electrons. The van der Waals surface area contributed by atoms with Gasteiger partial charge in [-0.2, -0.15) is 0 Å². The van der Waals surface area contributed by atoms with E-state index in [-0.39, 0.29) is 11.7 Å². The van der Waals surface area contributed by atoms with Gasteiger partial charge in [0.15, 0.2) is 0 Å². The maximum absolute atomic E-state index is 12.8. The molecule has 3 saturated carbocycles. The molecule has 0 heterocycles. The molecule has 0 aliphatic heterocycles. The second-order valence-corrected chi connectivity index (χ2v) is 6.44. The van der Waals surface area contributed by atoms with Crippen LogP contribution in [0.3, 0.4) is 0 Å². The molecule has 0 spiro atoms. The molecule has 2 bridgehead atoms. The third-order valence-corrected chi connectivity index (χ3v) is 5.46. The van der Waals surface area contributed by atoms with Crippen LogP contribution in [0.5, 0.6) is 0 Å². The molecule has 3 fully saturated rings. The largest absolute Gasteiger partial charge is 0.352 e. The molecule has 100 valence electrons. The fourth-order valence-corrected chi connectivity index (χ4v) is 4.51. The Labute approximate surface area is 112 Å². The van der Waals surface area contributed by atoms with Gasteiger partial charge in [0.05, 0.1) is 0 Å². The van der Waals surface area contributed by atoms with Gasteiger partial charge < -0.3 is 5.32 Å². The second-order valence-electron chi connectivity index (χ2n) is 6.44. The fourth-order valence-electron chi connectivity index (χ4n) is 4.51. The summed E-state index contributed by atoms with van der Waals surface area (Å²) in [6.07, 6.45) is 4.14. The van der Waals surface area contributed by atoms with E-state index in [1.54, 1.807) is 12.1 Å². The molecule has 4 rings (SSSR count). The number of hydrogen-bond acceptors (Lipinski definition) is 1. The molecule has 2 nitrogen and oxygen atoms in total. The van der Waals surface area contributed by atoms with Crippen molar-refractivity contribution in [2.45, 2.75) is 19.3 Å². The summed E-state index contributed by atoms with van der Waals surface area (Å²) in [4.78, 5) is 12.0. The summed E-state index contributed by atoms with van der Waals surface area (Å²) in [6.45, 7) is 0.792. The number of hydrogen-bond donors (Lipinski definition) is 1. The molecular formula is C16H18FNO. The van der Waals surface area contributed by atoms with Crippen molar-refractivity contribution in [1.82, 2.24) is 5.32 Å². The number of carbonyl (C=O) groups excluding carboxylic acids is 1. The Bertz CT molecular complexity index is 512. The van der Waals surface area contributed by atoms with Crippen LogP contribution in [0.1, 0.15) is 29.6 Å². The lowest BCUT2D eigenvalue weighted by Crippen LogP contribution is -2.32. The molecule has 0 unspecified atom stereocenters. The molecule has 0 saturated heterocycles. The number of carbonyl (C=O) groups is 1.